The Morgan fingerprint density at radius 2 is 2.22 bits per heavy atom. The number of anilines is 1. The van der Waals surface area contributed by atoms with E-state index in [0.717, 1.165) is 10.8 Å². The van der Waals surface area contributed by atoms with Gasteiger partial charge in [0.25, 0.3) is 5.91 Å². The Bertz CT molecular complexity index is 875. The summed E-state index contributed by atoms with van der Waals surface area (Å²) in [6.07, 6.45) is 0. The highest BCUT2D eigenvalue weighted by molar-refractivity contribution is 7.21. The number of halogens is 2. The van der Waals surface area contributed by atoms with Crippen LogP contribution < -0.4 is 10.2 Å². The number of thiazole rings is 1. The number of fused-ring (bicyclic) bond motifs is 1. The van der Waals surface area contributed by atoms with Gasteiger partial charge in [0.05, 0.1) is 17.3 Å². The quantitative estimate of drug-likeness (QED) is 0.751. The van der Waals surface area contributed by atoms with Gasteiger partial charge in [-0.25, -0.2) is 9.37 Å². The molecule has 0 fully saturated rings. The lowest BCUT2D eigenvalue weighted by atomic mass is 10.2. The van der Waals surface area contributed by atoms with Crippen LogP contribution in [-0.2, 0) is 6.54 Å². The van der Waals surface area contributed by atoms with Crippen LogP contribution in [0.2, 0.25) is 5.02 Å². The number of thiophene rings is 1. The average molecular weight is 370 g/mol. The summed E-state index contributed by atoms with van der Waals surface area (Å²) in [5, 5.41) is 6.00. The zero-order valence-corrected chi connectivity index (χ0v) is 14.8. The van der Waals surface area contributed by atoms with Gasteiger partial charge in [-0.2, -0.15) is 0 Å². The van der Waals surface area contributed by atoms with Gasteiger partial charge in [0.15, 0.2) is 5.13 Å². The molecule has 23 heavy (non-hydrogen) atoms. The molecule has 0 aliphatic heterocycles. The Kier molecular flexibility index (Phi) is 4.52. The van der Waals surface area contributed by atoms with Gasteiger partial charge in [-0.15, -0.1) is 22.7 Å². The number of rotatable bonds is 4. The highest BCUT2D eigenvalue weighted by Crippen LogP contribution is 2.36. The van der Waals surface area contributed by atoms with Crippen molar-refractivity contribution < 1.29 is 9.18 Å². The highest BCUT2D eigenvalue weighted by atomic mass is 35.5. The molecule has 0 aliphatic carbocycles. The summed E-state index contributed by atoms with van der Waals surface area (Å²) >= 11 is 8.86. The van der Waals surface area contributed by atoms with Gasteiger partial charge >= 0.3 is 0 Å². The first kappa shape index (κ1) is 16.2. The zero-order valence-electron chi connectivity index (χ0n) is 12.4. The normalized spacial score (nSPS) is 11.0. The number of carbonyl (C=O) groups excluding carboxylic acids is 1. The van der Waals surface area contributed by atoms with Crippen LogP contribution in [0, 0.1) is 5.82 Å². The molecule has 0 saturated carbocycles. The maximum Gasteiger partial charge on any atom is 0.263 e. The van der Waals surface area contributed by atoms with Crippen molar-refractivity contribution in [2.24, 2.45) is 0 Å². The van der Waals surface area contributed by atoms with E-state index in [4.69, 9.17) is 11.6 Å². The Labute approximate surface area is 145 Å². The van der Waals surface area contributed by atoms with Crippen molar-refractivity contribution in [3.8, 4) is 0 Å². The Balaban J connectivity index is 1.78. The van der Waals surface area contributed by atoms with Crippen LogP contribution >= 0.6 is 34.3 Å². The van der Waals surface area contributed by atoms with Crippen molar-refractivity contribution >= 4 is 55.4 Å². The predicted molar refractivity (Wildman–Crippen MR) is 94.4 cm³/mol. The van der Waals surface area contributed by atoms with Crippen molar-refractivity contribution in [3.63, 3.8) is 0 Å². The SMILES string of the molecule is CN(C)c1nc(CNC(=O)c2sc3cccc(F)c3c2Cl)cs1. The molecule has 0 radical (unpaired) electrons. The molecule has 1 amide bonds. The lowest BCUT2D eigenvalue weighted by Gasteiger charge is -2.05. The second kappa shape index (κ2) is 6.43. The molecule has 2 aromatic heterocycles. The van der Waals surface area contributed by atoms with Gasteiger partial charge in [-0.1, -0.05) is 17.7 Å². The summed E-state index contributed by atoms with van der Waals surface area (Å²) in [6.45, 7) is 0.302. The molecule has 2 heterocycles. The minimum Gasteiger partial charge on any atom is -0.354 e. The first-order valence-electron chi connectivity index (χ1n) is 6.74. The summed E-state index contributed by atoms with van der Waals surface area (Å²) in [6, 6.07) is 4.68. The summed E-state index contributed by atoms with van der Waals surface area (Å²) in [7, 11) is 3.82. The molecule has 0 bridgehead atoms. The van der Waals surface area contributed by atoms with Crippen LogP contribution in [0.25, 0.3) is 10.1 Å². The maximum atomic E-state index is 13.8. The van der Waals surface area contributed by atoms with E-state index in [1.807, 2.05) is 24.4 Å². The van der Waals surface area contributed by atoms with Crippen molar-refractivity contribution in [1.82, 2.24) is 10.3 Å². The van der Waals surface area contributed by atoms with Crippen molar-refractivity contribution in [2.45, 2.75) is 6.54 Å². The summed E-state index contributed by atoms with van der Waals surface area (Å²) in [5.41, 5.74) is 0.774. The van der Waals surface area contributed by atoms with E-state index in [0.29, 0.717) is 21.5 Å². The van der Waals surface area contributed by atoms with Gasteiger partial charge in [0.2, 0.25) is 0 Å². The summed E-state index contributed by atoms with van der Waals surface area (Å²) < 4.78 is 14.5. The minimum atomic E-state index is -0.419. The van der Waals surface area contributed by atoms with E-state index in [1.165, 1.54) is 28.7 Å². The molecule has 1 N–H and O–H groups in total. The van der Waals surface area contributed by atoms with Gasteiger partial charge in [0.1, 0.15) is 10.7 Å². The van der Waals surface area contributed by atoms with Crippen LogP contribution in [0.15, 0.2) is 23.6 Å². The second-order valence-electron chi connectivity index (χ2n) is 5.06. The molecular weight excluding hydrogens is 357 g/mol. The summed E-state index contributed by atoms with van der Waals surface area (Å²) in [4.78, 5) is 18.9. The van der Waals surface area contributed by atoms with Gasteiger partial charge in [0, 0.05) is 29.6 Å². The van der Waals surface area contributed by atoms with Crippen LogP contribution in [0.1, 0.15) is 15.4 Å². The molecular formula is C15H13ClFN3OS2. The number of amides is 1. The second-order valence-corrected chi connectivity index (χ2v) is 7.32. The lowest BCUT2D eigenvalue weighted by molar-refractivity contribution is 0.0954. The zero-order chi connectivity index (χ0) is 16.6. The third-order valence-corrected chi connectivity index (χ3v) is 5.87. The fourth-order valence-corrected chi connectivity index (χ4v) is 4.28. The largest absolute Gasteiger partial charge is 0.354 e. The standard InChI is InChI=1S/C15H13ClFN3OS2/c1-20(2)15-19-8(7-22-15)6-18-14(21)13-12(16)11-9(17)4-3-5-10(11)23-13/h3-5,7H,6H2,1-2H3,(H,18,21). The molecule has 3 aromatic rings. The number of hydrogen-bond donors (Lipinski definition) is 1. The smallest absolute Gasteiger partial charge is 0.263 e. The van der Waals surface area contributed by atoms with E-state index >= 15 is 0 Å². The highest BCUT2D eigenvalue weighted by Gasteiger charge is 2.19. The van der Waals surface area contributed by atoms with Gasteiger partial charge in [-0.3, -0.25) is 4.79 Å². The number of nitrogens with one attached hydrogen (secondary N) is 1. The van der Waals surface area contributed by atoms with Crippen LogP contribution in [-0.4, -0.2) is 25.0 Å². The van der Waals surface area contributed by atoms with Crippen molar-refractivity contribution in [3.05, 3.63) is 45.0 Å². The maximum absolute atomic E-state index is 13.8. The Hall–Kier alpha value is -1.70. The number of aromatic nitrogens is 1. The minimum absolute atomic E-state index is 0.160. The third-order valence-electron chi connectivity index (χ3n) is 3.16. The van der Waals surface area contributed by atoms with E-state index < -0.39 is 5.82 Å². The fourth-order valence-electron chi connectivity index (χ4n) is 2.05. The molecule has 4 nitrogen and oxygen atoms in total. The topological polar surface area (TPSA) is 45.2 Å². The molecule has 8 heteroatoms. The average Bonchev–Trinajstić information content (AvgIpc) is 3.11. The van der Waals surface area contributed by atoms with E-state index in [2.05, 4.69) is 10.3 Å². The summed E-state index contributed by atoms with van der Waals surface area (Å²) in [5.74, 6) is -0.743. The number of benzene rings is 1. The Morgan fingerprint density at radius 3 is 2.87 bits per heavy atom. The van der Waals surface area contributed by atoms with E-state index in [-0.39, 0.29) is 10.9 Å². The number of nitrogens with zero attached hydrogens (tertiary/aromatic N) is 2. The third kappa shape index (κ3) is 3.17. The predicted octanol–water partition coefficient (Wildman–Crippen LogP) is 4.15. The molecule has 1 aromatic carbocycles. The molecule has 0 unspecified atom stereocenters. The molecule has 0 atom stereocenters. The number of carbonyl (C=O) groups is 1. The molecule has 0 spiro atoms. The van der Waals surface area contributed by atoms with Crippen molar-refractivity contribution in [2.75, 3.05) is 19.0 Å². The van der Waals surface area contributed by atoms with Crippen molar-refractivity contribution in [1.29, 1.82) is 0 Å². The molecule has 0 saturated heterocycles. The van der Waals surface area contributed by atoms with E-state index in [1.54, 1.807) is 12.1 Å². The van der Waals surface area contributed by atoms with E-state index in [9.17, 15) is 9.18 Å². The molecule has 3 rings (SSSR count). The lowest BCUT2D eigenvalue weighted by Crippen LogP contribution is -2.22. The fraction of sp³-hybridized carbons (Fsp3) is 0.200. The van der Waals surface area contributed by atoms with Crippen LogP contribution in [0.4, 0.5) is 9.52 Å². The first-order valence-corrected chi connectivity index (χ1v) is 8.81. The Morgan fingerprint density at radius 1 is 1.43 bits per heavy atom. The van der Waals surface area contributed by atoms with Crippen LogP contribution in [0.3, 0.4) is 0 Å². The van der Waals surface area contributed by atoms with Crippen LogP contribution in [0.5, 0.6) is 0 Å². The van der Waals surface area contributed by atoms with Gasteiger partial charge < -0.3 is 10.2 Å². The van der Waals surface area contributed by atoms with Gasteiger partial charge in [-0.05, 0) is 12.1 Å². The molecule has 0 aliphatic rings. The first-order chi connectivity index (χ1) is 11.0. The molecule has 120 valence electrons. The monoisotopic (exact) mass is 369 g/mol. The number of hydrogen-bond acceptors (Lipinski definition) is 5.